The molecular weight excluding hydrogens is 383 g/mol. The molecule has 2 heterocycles. The molecule has 3 rings (SSSR count). The smallest absolute Gasteiger partial charge is 0.365 e. The number of imidazole rings is 1. The van der Waals surface area contributed by atoms with Crippen molar-refractivity contribution in [2.45, 2.75) is 12.7 Å². The van der Waals surface area contributed by atoms with Crippen LogP contribution in [0.15, 0.2) is 36.7 Å². The van der Waals surface area contributed by atoms with E-state index in [1.54, 1.807) is 24.3 Å². The molecule has 0 saturated heterocycles. The lowest BCUT2D eigenvalue weighted by Gasteiger charge is -2.08. The maximum atomic E-state index is 12.8. The van der Waals surface area contributed by atoms with Crippen molar-refractivity contribution in [2.75, 3.05) is 5.32 Å². The summed E-state index contributed by atoms with van der Waals surface area (Å²) in [6.07, 6.45) is -1.62. The number of aromatic nitrogens is 4. The lowest BCUT2D eigenvalue weighted by molar-refractivity contribution is -0.140. The van der Waals surface area contributed by atoms with Crippen molar-refractivity contribution in [3.05, 3.63) is 58.8 Å². The number of rotatable bonds is 5. The van der Waals surface area contributed by atoms with Gasteiger partial charge in [-0.2, -0.15) is 13.2 Å². The van der Waals surface area contributed by atoms with Crippen LogP contribution in [0.2, 0.25) is 5.28 Å². The molecule has 0 fully saturated rings. The lowest BCUT2D eigenvalue weighted by Crippen LogP contribution is -2.05. The van der Waals surface area contributed by atoms with Gasteiger partial charge < -0.3 is 9.88 Å². The molecule has 0 aliphatic heterocycles. The molecule has 0 amide bonds. The van der Waals surface area contributed by atoms with Gasteiger partial charge in [-0.05, 0) is 17.2 Å². The number of hydrogen-bond acceptors (Lipinski definition) is 5. The predicted octanol–water partition coefficient (Wildman–Crippen LogP) is 3.97. The van der Waals surface area contributed by atoms with E-state index in [-0.39, 0.29) is 16.7 Å². The second-order valence-electron chi connectivity index (χ2n) is 5.67. The Labute approximate surface area is 157 Å². The number of alkyl halides is 3. The number of nitrogens with one attached hydrogen (secondary N) is 1. The molecule has 1 N–H and O–H groups in total. The fourth-order valence-corrected chi connectivity index (χ4v) is 2.56. The minimum Gasteiger partial charge on any atom is -0.365 e. The average molecular weight is 396 g/mol. The number of anilines is 1. The second kappa shape index (κ2) is 7.36. The average Bonchev–Trinajstić information content (AvgIpc) is 3.03. The maximum Gasteiger partial charge on any atom is 0.434 e. The van der Waals surface area contributed by atoms with Crippen LogP contribution in [0.5, 0.6) is 0 Å². The van der Waals surface area contributed by atoms with Crippen LogP contribution in [0, 0.1) is 0 Å². The third-order valence-electron chi connectivity index (χ3n) is 3.75. The first-order valence-corrected chi connectivity index (χ1v) is 8.07. The Morgan fingerprint density at radius 3 is 2.52 bits per heavy atom. The number of benzene rings is 1. The zero-order valence-corrected chi connectivity index (χ0v) is 14.7. The summed E-state index contributed by atoms with van der Waals surface area (Å²) in [6, 6.07) is 6.83. The molecule has 1 aromatic carbocycles. The first-order chi connectivity index (χ1) is 12.8. The third-order valence-corrected chi connectivity index (χ3v) is 3.94. The number of aryl methyl sites for hydroxylation is 1. The number of nitrogens with zero attached hydrogens (tertiary/aromatic N) is 4. The van der Waals surface area contributed by atoms with Crippen molar-refractivity contribution < 1.29 is 18.0 Å². The van der Waals surface area contributed by atoms with E-state index in [1.807, 2.05) is 0 Å². The molecule has 0 atom stereocenters. The summed E-state index contributed by atoms with van der Waals surface area (Å²) in [5.74, 6) is 0.514. The molecule has 3 aromatic rings. The van der Waals surface area contributed by atoms with E-state index in [0.29, 0.717) is 24.2 Å². The fourth-order valence-electron chi connectivity index (χ4n) is 2.43. The zero-order chi connectivity index (χ0) is 19.6. The van der Waals surface area contributed by atoms with E-state index < -0.39 is 11.9 Å². The highest BCUT2D eigenvalue weighted by atomic mass is 35.5. The van der Waals surface area contributed by atoms with Crippen molar-refractivity contribution >= 4 is 23.7 Å². The van der Waals surface area contributed by atoms with Crippen molar-refractivity contribution in [1.29, 1.82) is 0 Å². The Balaban J connectivity index is 1.76. The highest BCUT2D eigenvalue weighted by Crippen LogP contribution is 2.30. The molecule has 0 spiro atoms. The van der Waals surface area contributed by atoms with Gasteiger partial charge in [0.25, 0.3) is 0 Å². The molecular formula is C17H13ClF3N5O. The highest BCUT2D eigenvalue weighted by Gasteiger charge is 2.34. The number of aldehydes is 1. The van der Waals surface area contributed by atoms with Gasteiger partial charge in [-0.3, -0.25) is 4.79 Å². The number of carbonyl (C=O) groups excluding carboxylic acids is 1. The molecule has 0 radical (unpaired) electrons. The van der Waals surface area contributed by atoms with Crippen LogP contribution in [-0.2, 0) is 19.8 Å². The van der Waals surface area contributed by atoms with Gasteiger partial charge in [0.15, 0.2) is 12.0 Å². The Kier molecular flexibility index (Phi) is 5.13. The Morgan fingerprint density at radius 2 is 1.93 bits per heavy atom. The lowest BCUT2D eigenvalue weighted by atomic mass is 10.1. The number of halogens is 4. The van der Waals surface area contributed by atoms with E-state index in [4.69, 9.17) is 11.6 Å². The number of hydrogen-bond donors (Lipinski definition) is 1. The summed E-state index contributed by atoms with van der Waals surface area (Å²) in [5.41, 5.74) is 0.711. The predicted molar refractivity (Wildman–Crippen MR) is 93.4 cm³/mol. The number of carbonyl (C=O) groups is 1. The minimum atomic E-state index is -4.49. The molecule has 0 aliphatic rings. The van der Waals surface area contributed by atoms with Gasteiger partial charge in [-0.1, -0.05) is 24.3 Å². The van der Waals surface area contributed by atoms with Gasteiger partial charge in [0.1, 0.15) is 11.6 Å². The molecule has 0 saturated carbocycles. The van der Waals surface area contributed by atoms with Crippen LogP contribution in [0.1, 0.15) is 21.6 Å². The van der Waals surface area contributed by atoms with Gasteiger partial charge in [-0.25, -0.2) is 15.0 Å². The topological polar surface area (TPSA) is 72.7 Å². The standard InChI is InChI=1S/C17H13ClF3N5O/c1-26-8-13(17(19,20)21)24-15(26)11-4-2-10(3-5-11)6-22-14-12(9-27)7-23-16(18)25-14/h2-5,7-9H,6H2,1H3,(H,22,23,25). The first kappa shape index (κ1) is 18.8. The van der Waals surface area contributed by atoms with Gasteiger partial charge in [-0.15, -0.1) is 0 Å². The summed E-state index contributed by atoms with van der Waals surface area (Å²) in [6.45, 7) is 0.336. The molecule has 0 aliphatic carbocycles. The molecule has 6 nitrogen and oxygen atoms in total. The highest BCUT2D eigenvalue weighted by molar-refractivity contribution is 6.28. The fraction of sp³-hybridized carbons (Fsp3) is 0.176. The first-order valence-electron chi connectivity index (χ1n) is 7.69. The third kappa shape index (κ3) is 4.25. The quantitative estimate of drug-likeness (QED) is 0.522. The van der Waals surface area contributed by atoms with Crippen molar-refractivity contribution in [1.82, 2.24) is 19.5 Å². The summed E-state index contributed by atoms with van der Waals surface area (Å²) in [7, 11) is 1.51. The molecule has 140 valence electrons. The van der Waals surface area contributed by atoms with Gasteiger partial charge >= 0.3 is 6.18 Å². The monoisotopic (exact) mass is 395 g/mol. The van der Waals surface area contributed by atoms with E-state index in [2.05, 4.69) is 20.3 Å². The Morgan fingerprint density at radius 1 is 1.22 bits per heavy atom. The minimum absolute atomic E-state index is 0.00805. The normalized spacial score (nSPS) is 11.4. The summed E-state index contributed by atoms with van der Waals surface area (Å²) in [5, 5.41) is 2.99. The Hall–Kier alpha value is -2.94. The molecule has 2 aromatic heterocycles. The zero-order valence-electron chi connectivity index (χ0n) is 14.0. The SMILES string of the molecule is Cn1cc(C(F)(F)F)nc1-c1ccc(CNc2nc(Cl)ncc2C=O)cc1. The van der Waals surface area contributed by atoms with Gasteiger partial charge in [0.05, 0.1) is 5.56 Å². The van der Waals surface area contributed by atoms with Crippen LogP contribution in [-0.4, -0.2) is 25.8 Å². The van der Waals surface area contributed by atoms with Gasteiger partial charge in [0, 0.05) is 31.5 Å². The maximum absolute atomic E-state index is 12.8. The van der Waals surface area contributed by atoms with Crippen LogP contribution in [0.3, 0.4) is 0 Å². The van der Waals surface area contributed by atoms with Crippen molar-refractivity contribution in [3.8, 4) is 11.4 Å². The molecule has 27 heavy (non-hydrogen) atoms. The summed E-state index contributed by atoms with van der Waals surface area (Å²) < 4.78 is 39.7. The van der Waals surface area contributed by atoms with E-state index in [9.17, 15) is 18.0 Å². The van der Waals surface area contributed by atoms with Crippen LogP contribution >= 0.6 is 11.6 Å². The molecule has 0 bridgehead atoms. The Bertz CT molecular complexity index is 970. The summed E-state index contributed by atoms with van der Waals surface area (Å²) >= 11 is 5.73. The van der Waals surface area contributed by atoms with Crippen LogP contribution in [0.4, 0.5) is 19.0 Å². The summed E-state index contributed by atoms with van der Waals surface area (Å²) in [4.78, 5) is 22.3. The molecule has 0 unspecified atom stereocenters. The van der Waals surface area contributed by atoms with Gasteiger partial charge in [0.2, 0.25) is 5.28 Å². The second-order valence-corrected chi connectivity index (χ2v) is 6.01. The van der Waals surface area contributed by atoms with E-state index >= 15 is 0 Å². The van der Waals surface area contributed by atoms with E-state index in [1.165, 1.54) is 17.8 Å². The van der Waals surface area contributed by atoms with Crippen molar-refractivity contribution in [3.63, 3.8) is 0 Å². The molecule has 10 heteroatoms. The van der Waals surface area contributed by atoms with Crippen LogP contribution in [0.25, 0.3) is 11.4 Å². The largest absolute Gasteiger partial charge is 0.434 e. The van der Waals surface area contributed by atoms with Crippen molar-refractivity contribution in [2.24, 2.45) is 7.05 Å². The van der Waals surface area contributed by atoms with Crippen LogP contribution < -0.4 is 5.32 Å². The van der Waals surface area contributed by atoms with E-state index in [0.717, 1.165) is 11.8 Å².